The van der Waals surface area contributed by atoms with Crippen LogP contribution in [0.2, 0.25) is 0 Å². The molecule has 0 saturated heterocycles. The van der Waals surface area contributed by atoms with E-state index in [1.54, 1.807) is 12.1 Å². The van der Waals surface area contributed by atoms with Crippen molar-refractivity contribution in [1.82, 2.24) is 0 Å². The summed E-state index contributed by atoms with van der Waals surface area (Å²) in [5.41, 5.74) is 7.38. The van der Waals surface area contributed by atoms with E-state index in [9.17, 15) is 4.39 Å². The molecule has 0 aliphatic heterocycles. The van der Waals surface area contributed by atoms with Crippen LogP contribution in [-0.2, 0) is 6.42 Å². The summed E-state index contributed by atoms with van der Waals surface area (Å²) >= 11 is 3.49. The second kappa shape index (κ2) is 5.30. The Labute approximate surface area is 117 Å². The van der Waals surface area contributed by atoms with Gasteiger partial charge in [-0.1, -0.05) is 36.2 Å². The number of halogens is 2. The van der Waals surface area contributed by atoms with Gasteiger partial charge in [-0.25, -0.2) is 4.39 Å². The fourth-order valence-corrected chi connectivity index (χ4v) is 3.44. The van der Waals surface area contributed by atoms with Gasteiger partial charge in [-0.15, -0.1) is 0 Å². The van der Waals surface area contributed by atoms with E-state index >= 15 is 0 Å². The number of nitrogens with two attached hydrogens (primary N) is 1. The van der Waals surface area contributed by atoms with Crippen molar-refractivity contribution in [1.29, 1.82) is 0 Å². The summed E-state index contributed by atoms with van der Waals surface area (Å²) in [6, 6.07) is 4.85. The van der Waals surface area contributed by atoms with Crippen LogP contribution >= 0.6 is 15.9 Å². The lowest BCUT2D eigenvalue weighted by molar-refractivity contribution is 0.161. The number of hydrogen-bond donors (Lipinski definition) is 1. The fourth-order valence-electron chi connectivity index (χ4n) is 3.05. The molecule has 1 aromatic carbocycles. The van der Waals surface area contributed by atoms with Crippen molar-refractivity contribution >= 4 is 15.9 Å². The van der Waals surface area contributed by atoms with Crippen molar-refractivity contribution in [3.8, 4) is 0 Å². The Morgan fingerprint density at radius 2 is 2.11 bits per heavy atom. The lowest BCUT2D eigenvalue weighted by Crippen LogP contribution is -2.51. The van der Waals surface area contributed by atoms with Crippen LogP contribution in [0.5, 0.6) is 0 Å². The van der Waals surface area contributed by atoms with Gasteiger partial charge in [-0.3, -0.25) is 0 Å². The van der Waals surface area contributed by atoms with E-state index in [1.807, 2.05) is 0 Å². The molecule has 2 N–H and O–H groups in total. The van der Waals surface area contributed by atoms with Crippen LogP contribution in [0.4, 0.5) is 4.39 Å². The normalized spacial score (nSPS) is 32.5. The fraction of sp³-hybridized carbons (Fsp3) is 0.600. The van der Waals surface area contributed by atoms with Crippen molar-refractivity contribution in [3.05, 3.63) is 34.1 Å². The van der Waals surface area contributed by atoms with Crippen LogP contribution in [0.25, 0.3) is 0 Å². The zero-order valence-corrected chi connectivity index (χ0v) is 12.6. The third kappa shape index (κ3) is 2.94. The zero-order chi connectivity index (χ0) is 13.3. The van der Waals surface area contributed by atoms with Gasteiger partial charge in [0.1, 0.15) is 5.82 Å². The first-order valence-electron chi connectivity index (χ1n) is 6.63. The van der Waals surface area contributed by atoms with Gasteiger partial charge in [0.15, 0.2) is 0 Å². The molecule has 3 unspecified atom stereocenters. The van der Waals surface area contributed by atoms with Crippen molar-refractivity contribution in [3.63, 3.8) is 0 Å². The lowest BCUT2D eigenvalue weighted by atomic mass is 9.68. The SMILES string of the molecule is CC1CCC(C)C(N)(Cc2cc(F)ccc2Br)C1. The Hall–Kier alpha value is -0.410. The van der Waals surface area contributed by atoms with E-state index < -0.39 is 0 Å². The predicted molar refractivity (Wildman–Crippen MR) is 76.9 cm³/mol. The maximum atomic E-state index is 13.3. The molecule has 3 heteroatoms. The van der Waals surface area contributed by atoms with Crippen LogP contribution in [0.15, 0.2) is 22.7 Å². The number of rotatable bonds is 2. The van der Waals surface area contributed by atoms with E-state index in [-0.39, 0.29) is 11.4 Å². The third-order valence-electron chi connectivity index (χ3n) is 4.33. The van der Waals surface area contributed by atoms with Crippen LogP contribution in [-0.4, -0.2) is 5.54 Å². The molecule has 0 heterocycles. The monoisotopic (exact) mass is 313 g/mol. The standard InChI is InChI=1S/C15H21BrFN/c1-10-3-4-11(2)15(18,8-10)9-12-7-13(17)5-6-14(12)16/h5-7,10-11H,3-4,8-9,18H2,1-2H3. The molecule has 0 bridgehead atoms. The van der Waals surface area contributed by atoms with Crippen molar-refractivity contribution in [2.24, 2.45) is 17.6 Å². The van der Waals surface area contributed by atoms with Crippen molar-refractivity contribution in [2.75, 3.05) is 0 Å². The summed E-state index contributed by atoms with van der Waals surface area (Å²) in [7, 11) is 0. The highest BCUT2D eigenvalue weighted by Gasteiger charge is 2.37. The van der Waals surface area contributed by atoms with E-state index in [1.165, 1.54) is 18.9 Å². The van der Waals surface area contributed by atoms with E-state index in [2.05, 4.69) is 29.8 Å². The molecule has 1 fully saturated rings. The van der Waals surface area contributed by atoms with Gasteiger partial charge in [0.2, 0.25) is 0 Å². The number of benzene rings is 1. The molecule has 2 rings (SSSR count). The second-order valence-corrected chi connectivity index (χ2v) is 6.79. The molecule has 0 amide bonds. The zero-order valence-electron chi connectivity index (χ0n) is 11.0. The van der Waals surface area contributed by atoms with E-state index in [0.29, 0.717) is 11.8 Å². The molecule has 0 aromatic heterocycles. The van der Waals surface area contributed by atoms with Gasteiger partial charge >= 0.3 is 0 Å². The Bertz CT molecular complexity index is 435. The Kier molecular flexibility index (Phi) is 4.12. The first-order valence-corrected chi connectivity index (χ1v) is 7.43. The summed E-state index contributed by atoms with van der Waals surface area (Å²) in [5.74, 6) is 0.968. The molecular weight excluding hydrogens is 293 g/mol. The maximum absolute atomic E-state index is 13.3. The minimum Gasteiger partial charge on any atom is -0.325 e. The van der Waals surface area contributed by atoms with Gasteiger partial charge in [-0.2, -0.15) is 0 Å². The molecule has 1 aliphatic rings. The summed E-state index contributed by atoms with van der Waals surface area (Å²) in [5, 5.41) is 0. The summed E-state index contributed by atoms with van der Waals surface area (Å²) in [6.07, 6.45) is 4.20. The highest BCUT2D eigenvalue weighted by atomic mass is 79.9. The van der Waals surface area contributed by atoms with Crippen molar-refractivity contribution < 1.29 is 4.39 Å². The molecular formula is C15H21BrFN. The predicted octanol–water partition coefficient (Wildman–Crippen LogP) is 4.28. The first-order chi connectivity index (χ1) is 8.40. The topological polar surface area (TPSA) is 26.0 Å². The van der Waals surface area contributed by atoms with Crippen LogP contribution in [0.1, 0.15) is 38.7 Å². The molecule has 1 nitrogen and oxygen atoms in total. The molecule has 0 spiro atoms. The summed E-state index contributed by atoms with van der Waals surface area (Å²) in [6.45, 7) is 4.48. The highest BCUT2D eigenvalue weighted by Crippen LogP contribution is 2.38. The molecule has 18 heavy (non-hydrogen) atoms. The maximum Gasteiger partial charge on any atom is 0.123 e. The lowest BCUT2D eigenvalue weighted by Gasteiger charge is -2.42. The number of hydrogen-bond acceptors (Lipinski definition) is 1. The van der Waals surface area contributed by atoms with Gasteiger partial charge < -0.3 is 5.73 Å². The molecule has 3 atom stereocenters. The average molecular weight is 314 g/mol. The Morgan fingerprint density at radius 3 is 2.83 bits per heavy atom. The molecule has 1 aliphatic carbocycles. The second-order valence-electron chi connectivity index (χ2n) is 5.93. The summed E-state index contributed by atoms with van der Waals surface area (Å²) in [4.78, 5) is 0. The molecule has 100 valence electrons. The van der Waals surface area contributed by atoms with Crippen molar-refractivity contribution in [2.45, 2.75) is 45.1 Å². The quantitative estimate of drug-likeness (QED) is 0.866. The van der Waals surface area contributed by atoms with E-state index in [0.717, 1.165) is 22.9 Å². The minimum atomic E-state index is -0.200. The highest BCUT2D eigenvalue weighted by molar-refractivity contribution is 9.10. The third-order valence-corrected chi connectivity index (χ3v) is 5.10. The smallest absolute Gasteiger partial charge is 0.123 e. The van der Waals surface area contributed by atoms with E-state index in [4.69, 9.17) is 5.73 Å². The minimum absolute atomic E-state index is 0.187. The van der Waals surface area contributed by atoms with Gasteiger partial charge in [0.25, 0.3) is 0 Å². The molecule has 0 radical (unpaired) electrons. The van der Waals surface area contributed by atoms with Crippen LogP contribution < -0.4 is 5.73 Å². The van der Waals surface area contributed by atoms with Gasteiger partial charge in [0.05, 0.1) is 0 Å². The van der Waals surface area contributed by atoms with Gasteiger partial charge in [-0.05, 0) is 54.9 Å². The molecule has 1 aromatic rings. The Balaban J connectivity index is 2.23. The largest absolute Gasteiger partial charge is 0.325 e. The Morgan fingerprint density at radius 1 is 1.39 bits per heavy atom. The first kappa shape index (κ1) is 14.0. The average Bonchev–Trinajstić information content (AvgIpc) is 2.29. The van der Waals surface area contributed by atoms with Crippen LogP contribution in [0, 0.1) is 17.7 Å². The molecule has 1 saturated carbocycles. The summed E-state index contributed by atoms with van der Waals surface area (Å²) < 4.78 is 14.3. The van der Waals surface area contributed by atoms with Crippen LogP contribution in [0.3, 0.4) is 0 Å². The van der Waals surface area contributed by atoms with Gasteiger partial charge in [0, 0.05) is 10.0 Å².